The van der Waals surface area contributed by atoms with E-state index in [0.29, 0.717) is 66.8 Å². The Kier molecular flexibility index (Phi) is 13.0. The van der Waals surface area contributed by atoms with Gasteiger partial charge in [0.15, 0.2) is 0 Å². The third kappa shape index (κ3) is 10.1. The van der Waals surface area contributed by atoms with Gasteiger partial charge in [-0.25, -0.2) is 0 Å². The minimum Gasteiger partial charge on any atom is -0.385 e. The van der Waals surface area contributed by atoms with Crippen molar-refractivity contribution in [3.05, 3.63) is 234 Å². The van der Waals surface area contributed by atoms with Gasteiger partial charge in [0.05, 0.1) is 69.8 Å². The molecular formula is C60H33N6O4P. The lowest BCUT2D eigenvalue weighted by molar-refractivity contribution is 0.299. The number of phosphoric acid groups is 1. The highest BCUT2D eigenvalue weighted by atomic mass is 31.2. The third-order valence-corrected chi connectivity index (χ3v) is 12.8. The molecule has 71 heavy (non-hydrogen) atoms. The van der Waals surface area contributed by atoms with E-state index in [2.05, 4.69) is 36.4 Å². The molecule has 0 fully saturated rings. The highest BCUT2D eigenvalue weighted by Crippen LogP contribution is 2.55. The molecule has 0 N–H and O–H groups in total. The van der Waals surface area contributed by atoms with Crippen LogP contribution in [0.1, 0.15) is 33.4 Å². The summed E-state index contributed by atoms with van der Waals surface area (Å²) in [5.41, 5.74) is 10.7. The van der Waals surface area contributed by atoms with Gasteiger partial charge in [0.1, 0.15) is 17.2 Å². The average Bonchev–Trinajstić information content (AvgIpc) is 3.43. The predicted octanol–water partition coefficient (Wildman–Crippen LogP) is 14.6. The molecule has 0 aromatic heterocycles. The molecular weight excluding hydrogens is 900 g/mol. The lowest BCUT2D eigenvalue weighted by Gasteiger charge is -2.24. The van der Waals surface area contributed by atoms with Gasteiger partial charge in [-0.3, -0.25) is 0 Å². The van der Waals surface area contributed by atoms with Crippen LogP contribution < -0.4 is 13.6 Å². The summed E-state index contributed by atoms with van der Waals surface area (Å²) < 4.78 is 36.2. The van der Waals surface area contributed by atoms with E-state index >= 15 is 4.57 Å². The molecule has 0 atom stereocenters. The van der Waals surface area contributed by atoms with Crippen LogP contribution in [0.4, 0.5) is 0 Å². The minimum atomic E-state index is -4.93. The van der Waals surface area contributed by atoms with E-state index in [1.807, 2.05) is 54.6 Å². The zero-order chi connectivity index (χ0) is 49.3. The van der Waals surface area contributed by atoms with Gasteiger partial charge in [-0.15, -0.1) is 0 Å². The maximum absolute atomic E-state index is 16.2. The van der Waals surface area contributed by atoms with Crippen molar-refractivity contribution in [1.29, 1.82) is 31.6 Å². The molecule has 0 saturated carbocycles. The molecule has 0 heterocycles. The monoisotopic (exact) mass is 932 g/mol. The number of benzene rings is 9. The predicted molar refractivity (Wildman–Crippen MR) is 270 cm³/mol. The van der Waals surface area contributed by atoms with Crippen molar-refractivity contribution in [2.24, 2.45) is 0 Å². The summed E-state index contributed by atoms with van der Waals surface area (Å²) in [6, 6.07) is 70.6. The van der Waals surface area contributed by atoms with Gasteiger partial charge >= 0.3 is 7.82 Å². The fourth-order valence-electron chi connectivity index (χ4n) is 7.85. The summed E-state index contributed by atoms with van der Waals surface area (Å²) in [7, 11) is -4.93. The number of nitrogens with zero attached hydrogens (tertiary/aromatic N) is 6. The Hall–Kier alpha value is -10.5. The van der Waals surface area contributed by atoms with E-state index in [0.717, 1.165) is 33.4 Å². The fraction of sp³-hybridized carbons (Fsp3) is 0. The van der Waals surface area contributed by atoms with Gasteiger partial charge in [0, 0.05) is 16.7 Å². The summed E-state index contributed by atoms with van der Waals surface area (Å²) in [4.78, 5) is 0. The first-order valence-electron chi connectivity index (χ1n) is 21.8. The smallest absolute Gasteiger partial charge is 0.385 e. The molecule has 0 unspecified atom stereocenters. The van der Waals surface area contributed by atoms with E-state index in [-0.39, 0.29) is 17.2 Å². The Morgan fingerprint density at radius 3 is 0.634 bits per heavy atom. The van der Waals surface area contributed by atoms with E-state index in [4.69, 9.17) is 13.6 Å². The fourth-order valence-corrected chi connectivity index (χ4v) is 9.16. The second kappa shape index (κ2) is 20.2. The normalized spacial score (nSPS) is 10.5. The summed E-state index contributed by atoms with van der Waals surface area (Å²) in [6.07, 6.45) is 0. The molecule has 0 saturated heterocycles. The second-order valence-electron chi connectivity index (χ2n) is 16.0. The van der Waals surface area contributed by atoms with Crippen molar-refractivity contribution >= 4 is 7.82 Å². The standard InChI is InChI=1S/C60H33N6O4P/c61-34-40-1-13-46(14-2-40)52-25-28-58(55(31-52)49-19-7-43(37-64)8-20-49)68-71(67,69-59-29-26-53(47-15-3-41(35-62)4-16-47)32-56(59)50-21-9-44(38-65)10-22-50)70-60-30-27-54(48-17-5-42(36-63)6-18-48)33-57(60)51-23-11-45(39-66)12-24-51/h1-33H. The molecule has 0 spiro atoms. The van der Waals surface area contributed by atoms with Crippen LogP contribution in [0.25, 0.3) is 66.8 Å². The van der Waals surface area contributed by atoms with Crippen molar-refractivity contribution < 1.29 is 18.1 Å². The van der Waals surface area contributed by atoms with E-state index < -0.39 is 7.82 Å². The summed E-state index contributed by atoms with van der Waals surface area (Å²) in [5, 5.41) is 57.5. The number of phosphoric ester groups is 1. The molecule has 10 nitrogen and oxygen atoms in total. The maximum atomic E-state index is 16.2. The van der Waals surface area contributed by atoms with E-state index in [9.17, 15) is 31.6 Å². The summed E-state index contributed by atoms with van der Waals surface area (Å²) in [6.45, 7) is 0. The molecule has 0 bridgehead atoms. The van der Waals surface area contributed by atoms with Crippen LogP contribution in [0, 0.1) is 68.0 Å². The quantitative estimate of drug-likeness (QED) is 0.107. The molecule has 0 amide bonds. The van der Waals surface area contributed by atoms with Crippen molar-refractivity contribution in [2.45, 2.75) is 0 Å². The van der Waals surface area contributed by atoms with Crippen molar-refractivity contribution in [3.8, 4) is 120 Å². The van der Waals surface area contributed by atoms with Crippen molar-refractivity contribution in [1.82, 2.24) is 0 Å². The summed E-state index contributed by atoms with van der Waals surface area (Å²) >= 11 is 0. The van der Waals surface area contributed by atoms with Crippen LogP contribution in [-0.4, -0.2) is 0 Å². The van der Waals surface area contributed by atoms with Crippen LogP contribution in [-0.2, 0) is 4.57 Å². The Labute approximate surface area is 409 Å². The molecule has 0 aliphatic heterocycles. The number of rotatable bonds is 12. The molecule has 9 aromatic rings. The van der Waals surface area contributed by atoms with Gasteiger partial charge in [-0.1, -0.05) is 91.0 Å². The Morgan fingerprint density at radius 1 is 0.254 bits per heavy atom. The lowest BCUT2D eigenvalue weighted by Crippen LogP contribution is -2.09. The van der Waals surface area contributed by atoms with Gasteiger partial charge < -0.3 is 13.6 Å². The molecule has 9 aromatic carbocycles. The molecule has 0 aliphatic carbocycles. The molecule has 0 aliphatic rings. The highest BCUT2D eigenvalue weighted by Gasteiger charge is 2.36. The van der Waals surface area contributed by atoms with Crippen molar-refractivity contribution in [2.75, 3.05) is 0 Å². The van der Waals surface area contributed by atoms with Crippen LogP contribution in [0.3, 0.4) is 0 Å². The number of nitriles is 6. The topological polar surface area (TPSA) is 187 Å². The zero-order valence-corrected chi connectivity index (χ0v) is 38.2. The van der Waals surface area contributed by atoms with Gasteiger partial charge in [0.25, 0.3) is 0 Å². The minimum absolute atomic E-state index is 0.110. The van der Waals surface area contributed by atoms with Crippen molar-refractivity contribution in [3.63, 3.8) is 0 Å². The van der Waals surface area contributed by atoms with E-state index in [1.54, 1.807) is 146 Å². The molecule has 11 heteroatoms. The zero-order valence-electron chi connectivity index (χ0n) is 37.3. The maximum Gasteiger partial charge on any atom is 0.647 e. The molecule has 0 radical (unpaired) electrons. The number of hydrogen-bond acceptors (Lipinski definition) is 10. The summed E-state index contributed by atoms with van der Waals surface area (Å²) in [5.74, 6) is 0.330. The Bertz CT molecular complexity index is 3390. The van der Waals surface area contributed by atoms with Gasteiger partial charge in [-0.2, -0.15) is 36.1 Å². The Balaban J connectivity index is 1.23. The average molecular weight is 933 g/mol. The number of hydrogen-bond donors (Lipinski definition) is 0. The first-order chi connectivity index (χ1) is 34.7. The van der Waals surface area contributed by atoms with Crippen LogP contribution >= 0.6 is 7.82 Å². The molecule has 9 rings (SSSR count). The third-order valence-electron chi connectivity index (χ3n) is 11.6. The van der Waals surface area contributed by atoms with E-state index in [1.165, 1.54) is 0 Å². The Morgan fingerprint density at radius 2 is 0.437 bits per heavy atom. The first kappa shape index (κ1) is 45.7. The van der Waals surface area contributed by atoms with Crippen LogP contribution in [0.5, 0.6) is 17.2 Å². The van der Waals surface area contributed by atoms with Crippen LogP contribution in [0.15, 0.2) is 200 Å². The lowest BCUT2D eigenvalue weighted by atomic mass is 9.97. The van der Waals surface area contributed by atoms with Gasteiger partial charge in [-0.05, 0) is 159 Å². The molecule has 332 valence electrons. The second-order valence-corrected chi connectivity index (χ2v) is 17.4. The largest absolute Gasteiger partial charge is 0.647 e. The van der Waals surface area contributed by atoms with Gasteiger partial charge in [0.2, 0.25) is 0 Å². The highest BCUT2D eigenvalue weighted by molar-refractivity contribution is 7.49. The van der Waals surface area contributed by atoms with Crippen LogP contribution in [0.2, 0.25) is 0 Å². The SMILES string of the molecule is N#Cc1ccc(-c2ccc(OP(=O)(Oc3ccc(-c4ccc(C#N)cc4)cc3-c3ccc(C#N)cc3)Oc3ccc(-c4ccc(C#N)cc4)cc3-c3ccc(C#N)cc3)c(-c3ccc(C#N)cc3)c2)cc1. The first-order valence-corrected chi connectivity index (χ1v) is 23.3.